The Kier molecular flexibility index (Phi) is 8.29. The summed E-state index contributed by atoms with van der Waals surface area (Å²) < 4.78 is 9.66. The molecule has 0 aliphatic carbocycles. The summed E-state index contributed by atoms with van der Waals surface area (Å²) in [6.45, 7) is 5.62. The van der Waals surface area contributed by atoms with Crippen LogP contribution in [0.5, 0.6) is 11.5 Å². The highest BCUT2D eigenvalue weighted by atomic mass is 16.5. The van der Waals surface area contributed by atoms with Crippen LogP contribution >= 0.6 is 0 Å². The molecule has 92 valence electrons. The third-order valence-corrected chi connectivity index (χ3v) is 1.83. The number of phenols is 1. The highest BCUT2D eigenvalue weighted by molar-refractivity contribution is 5.41. The van der Waals surface area contributed by atoms with Crippen molar-refractivity contribution in [2.24, 2.45) is 0 Å². The zero-order valence-electron chi connectivity index (χ0n) is 10.1. The largest absolute Gasteiger partial charge is 0.504 e. The summed E-state index contributed by atoms with van der Waals surface area (Å²) in [5.74, 6) is 0.473. The van der Waals surface area contributed by atoms with E-state index in [0.717, 1.165) is 18.8 Å². The van der Waals surface area contributed by atoms with E-state index in [0.29, 0.717) is 5.75 Å². The van der Waals surface area contributed by atoms with Crippen LogP contribution in [0.1, 0.15) is 19.4 Å². The first kappa shape index (κ1) is 14.7. The third kappa shape index (κ3) is 5.58. The molecule has 4 heteroatoms. The molecule has 0 aliphatic heterocycles. The van der Waals surface area contributed by atoms with Gasteiger partial charge in [0.1, 0.15) is 0 Å². The molecular weight excluding hydrogens is 208 g/mol. The number of phenolic OH excluding ortho intramolecular Hbond substituents is 1. The number of benzene rings is 1. The first-order valence-electron chi connectivity index (χ1n) is 5.24. The smallest absolute Gasteiger partial charge is 0.160 e. The number of rotatable bonds is 4. The molecule has 0 heterocycles. The van der Waals surface area contributed by atoms with E-state index in [2.05, 4.69) is 0 Å². The first-order chi connectivity index (χ1) is 7.69. The van der Waals surface area contributed by atoms with Crippen molar-refractivity contribution in [2.45, 2.75) is 20.5 Å². The maximum atomic E-state index is 9.12. The van der Waals surface area contributed by atoms with Gasteiger partial charge >= 0.3 is 0 Å². The lowest BCUT2D eigenvalue weighted by Crippen LogP contribution is -1.87. The van der Waals surface area contributed by atoms with Crippen molar-refractivity contribution in [3.63, 3.8) is 0 Å². The molecule has 0 spiro atoms. The van der Waals surface area contributed by atoms with Crippen LogP contribution in [0.3, 0.4) is 0 Å². The van der Waals surface area contributed by atoms with Gasteiger partial charge in [-0.1, -0.05) is 6.07 Å². The molecule has 0 radical (unpaired) electrons. The van der Waals surface area contributed by atoms with E-state index in [-0.39, 0.29) is 12.4 Å². The summed E-state index contributed by atoms with van der Waals surface area (Å²) in [6.07, 6.45) is 0. The van der Waals surface area contributed by atoms with Crippen molar-refractivity contribution in [3.05, 3.63) is 23.8 Å². The molecule has 1 aromatic carbocycles. The predicted molar refractivity (Wildman–Crippen MR) is 62.7 cm³/mol. The summed E-state index contributed by atoms with van der Waals surface area (Å²) in [5, 5.41) is 17.8. The van der Waals surface area contributed by atoms with Gasteiger partial charge in [0, 0.05) is 13.2 Å². The van der Waals surface area contributed by atoms with E-state index in [1.54, 1.807) is 12.1 Å². The fourth-order valence-electron chi connectivity index (χ4n) is 1.02. The van der Waals surface area contributed by atoms with Gasteiger partial charge in [0.05, 0.1) is 13.7 Å². The number of hydrogen-bond donors (Lipinski definition) is 2. The SMILES string of the molecule is CCOCC.COc1cc(CO)ccc1O. The van der Waals surface area contributed by atoms with E-state index < -0.39 is 0 Å². The Morgan fingerprint density at radius 1 is 1.19 bits per heavy atom. The van der Waals surface area contributed by atoms with Gasteiger partial charge in [-0.2, -0.15) is 0 Å². The number of aromatic hydroxyl groups is 1. The minimum Gasteiger partial charge on any atom is -0.504 e. The van der Waals surface area contributed by atoms with Crippen LogP contribution in [0.2, 0.25) is 0 Å². The summed E-state index contributed by atoms with van der Waals surface area (Å²) in [7, 11) is 1.47. The zero-order chi connectivity index (χ0) is 12.4. The quantitative estimate of drug-likeness (QED) is 0.826. The molecule has 4 nitrogen and oxygen atoms in total. The highest BCUT2D eigenvalue weighted by Gasteiger charge is 2.00. The van der Waals surface area contributed by atoms with Crippen molar-refractivity contribution < 1.29 is 19.7 Å². The molecule has 0 unspecified atom stereocenters. The van der Waals surface area contributed by atoms with Crippen molar-refractivity contribution in [3.8, 4) is 11.5 Å². The van der Waals surface area contributed by atoms with E-state index in [9.17, 15) is 0 Å². The Bertz CT molecular complexity index is 284. The monoisotopic (exact) mass is 228 g/mol. The number of aliphatic hydroxyl groups excluding tert-OH is 1. The molecule has 0 bridgehead atoms. The topological polar surface area (TPSA) is 58.9 Å². The Hall–Kier alpha value is -1.26. The van der Waals surface area contributed by atoms with Crippen LogP contribution in [-0.2, 0) is 11.3 Å². The van der Waals surface area contributed by atoms with E-state index in [4.69, 9.17) is 19.7 Å². The van der Waals surface area contributed by atoms with E-state index in [1.807, 2.05) is 13.8 Å². The Labute approximate surface area is 96.4 Å². The molecule has 16 heavy (non-hydrogen) atoms. The lowest BCUT2D eigenvalue weighted by Gasteiger charge is -2.03. The zero-order valence-corrected chi connectivity index (χ0v) is 10.1. The van der Waals surface area contributed by atoms with Gasteiger partial charge < -0.3 is 19.7 Å². The highest BCUT2D eigenvalue weighted by Crippen LogP contribution is 2.25. The molecule has 0 fully saturated rings. The van der Waals surface area contributed by atoms with Crippen LogP contribution < -0.4 is 4.74 Å². The first-order valence-corrected chi connectivity index (χ1v) is 5.24. The van der Waals surface area contributed by atoms with Crippen LogP contribution in [0.4, 0.5) is 0 Å². The Morgan fingerprint density at radius 2 is 1.81 bits per heavy atom. The molecule has 0 atom stereocenters. The van der Waals surface area contributed by atoms with Crippen LogP contribution in [0.15, 0.2) is 18.2 Å². The van der Waals surface area contributed by atoms with E-state index in [1.165, 1.54) is 13.2 Å². The summed E-state index contributed by atoms with van der Waals surface area (Å²) in [5.41, 5.74) is 0.722. The van der Waals surface area contributed by atoms with Gasteiger partial charge in [0.2, 0.25) is 0 Å². The Morgan fingerprint density at radius 3 is 2.19 bits per heavy atom. The van der Waals surface area contributed by atoms with Gasteiger partial charge in [0.15, 0.2) is 11.5 Å². The molecule has 1 aromatic rings. The number of methoxy groups -OCH3 is 1. The fourth-order valence-corrected chi connectivity index (χ4v) is 1.02. The summed E-state index contributed by atoms with van der Waals surface area (Å²) >= 11 is 0. The van der Waals surface area contributed by atoms with Gasteiger partial charge in [-0.3, -0.25) is 0 Å². The minimum atomic E-state index is -0.0450. The standard InChI is InChI=1S/C8H10O3.C4H10O/c1-11-8-4-6(5-9)2-3-7(8)10;1-3-5-4-2/h2-4,9-10H,5H2,1H3;3-4H2,1-2H3. The maximum Gasteiger partial charge on any atom is 0.160 e. The van der Waals surface area contributed by atoms with Gasteiger partial charge in [-0.25, -0.2) is 0 Å². The lowest BCUT2D eigenvalue weighted by atomic mass is 10.2. The van der Waals surface area contributed by atoms with Crippen LogP contribution in [-0.4, -0.2) is 30.5 Å². The molecule has 0 amide bonds. The van der Waals surface area contributed by atoms with Crippen LogP contribution in [0.25, 0.3) is 0 Å². The number of ether oxygens (including phenoxy) is 2. The van der Waals surface area contributed by atoms with E-state index >= 15 is 0 Å². The predicted octanol–water partition coefficient (Wildman–Crippen LogP) is 1.94. The second-order valence-corrected chi connectivity index (χ2v) is 2.95. The lowest BCUT2D eigenvalue weighted by molar-refractivity contribution is 0.162. The average molecular weight is 228 g/mol. The third-order valence-electron chi connectivity index (χ3n) is 1.83. The normalized spacial score (nSPS) is 9.25. The molecule has 0 aromatic heterocycles. The summed E-state index contributed by atoms with van der Waals surface area (Å²) in [6, 6.07) is 4.72. The minimum absolute atomic E-state index is 0.0450. The molecule has 0 saturated carbocycles. The molecule has 2 N–H and O–H groups in total. The maximum absolute atomic E-state index is 9.12. The second kappa shape index (κ2) is 9.00. The second-order valence-electron chi connectivity index (χ2n) is 2.95. The summed E-state index contributed by atoms with van der Waals surface area (Å²) in [4.78, 5) is 0. The van der Waals surface area contributed by atoms with Gasteiger partial charge in [-0.15, -0.1) is 0 Å². The Balaban J connectivity index is 0.000000385. The van der Waals surface area contributed by atoms with Crippen molar-refractivity contribution >= 4 is 0 Å². The van der Waals surface area contributed by atoms with Crippen molar-refractivity contribution in [1.82, 2.24) is 0 Å². The van der Waals surface area contributed by atoms with Crippen LogP contribution in [0, 0.1) is 0 Å². The molecule has 1 rings (SSSR count). The van der Waals surface area contributed by atoms with Gasteiger partial charge in [0.25, 0.3) is 0 Å². The van der Waals surface area contributed by atoms with Gasteiger partial charge in [-0.05, 0) is 31.5 Å². The number of aliphatic hydroxyl groups is 1. The number of hydrogen-bond acceptors (Lipinski definition) is 4. The molecular formula is C12H20O4. The molecule has 0 aliphatic rings. The molecule has 0 saturated heterocycles. The van der Waals surface area contributed by atoms with Crippen molar-refractivity contribution in [1.29, 1.82) is 0 Å². The van der Waals surface area contributed by atoms with Crippen molar-refractivity contribution in [2.75, 3.05) is 20.3 Å². The average Bonchev–Trinajstić information content (AvgIpc) is 2.31. The fraction of sp³-hybridized carbons (Fsp3) is 0.500.